The third-order valence-corrected chi connectivity index (χ3v) is 7.37. The summed E-state index contributed by atoms with van der Waals surface area (Å²) in [6.07, 6.45) is 7.20. The van der Waals surface area contributed by atoms with E-state index in [9.17, 15) is 4.79 Å². The lowest BCUT2D eigenvalue weighted by Gasteiger charge is -2.19. The Kier molecular flexibility index (Phi) is 7.67. The van der Waals surface area contributed by atoms with Crippen LogP contribution in [0, 0.1) is 0 Å². The molecule has 0 radical (unpaired) electrons. The van der Waals surface area contributed by atoms with Crippen LogP contribution in [-0.2, 0) is 4.79 Å². The molecule has 30 heavy (non-hydrogen) atoms. The summed E-state index contributed by atoms with van der Waals surface area (Å²) < 4.78 is 0. The Morgan fingerprint density at radius 2 is 1.90 bits per heavy atom. The summed E-state index contributed by atoms with van der Waals surface area (Å²) in [5.74, 6) is 0.0379. The van der Waals surface area contributed by atoms with Gasteiger partial charge in [-0.1, -0.05) is 72.8 Å². The highest BCUT2D eigenvalue weighted by Crippen LogP contribution is 2.49. The van der Waals surface area contributed by atoms with Gasteiger partial charge in [0, 0.05) is 18.5 Å². The average Bonchev–Trinajstić information content (AvgIpc) is 3.21. The Bertz CT molecular complexity index is 958. The van der Waals surface area contributed by atoms with Crippen LogP contribution in [0.2, 0.25) is 0 Å². The van der Waals surface area contributed by atoms with Crippen LogP contribution in [0.25, 0.3) is 5.70 Å². The van der Waals surface area contributed by atoms with Crippen molar-refractivity contribution in [2.45, 2.75) is 34.1 Å². The van der Waals surface area contributed by atoms with E-state index in [2.05, 4.69) is 43.0 Å². The first-order valence-corrected chi connectivity index (χ1v) is 11.8. The Morgan fingerprint density at radius 3 is 2.57 bits per heavy atom. The lowest BCUT2D eigenvalue weighted by atomic mass is 10.1. The molecule has 0 N–H and O–H groups in total. The number of rotatable bonds is 6. The molecule has 0 aromatic heterocycles. The van der Waals surface area contributed by atoms with E-state index in [4.69, 9.17) is 4.99 Å². The van der Waals surface area contributed by atoms with Crippen molar-refractivity contribution in [1.82, 2.24) is 9.80 Å². The third kappa shape index (κ3) is 4.76. The molecule has 0 saturated carbocycles. The zero-order valence-corrected chi connectivity index (χ0v) is 19.9. The summed E-state index contributed by atoms with van der Waals surface area (Å²) >= 11 is 3.16. The second-order valence-electron chi connectivity index (χ2n) is 7.20. The first-order valence-electron chi connectivity index (χ1n) is 10.2. The molecular formula is C24H29N3OS2. The van der Waals surface area contributed by atoms with Gasteiger partial charge >= 0.3 is 0 Å². The molecule has 1 amide bonds. The van der Waals surface area contributed by atoms with Gasteiger partial charge in [0.05, 0.1) is 17.3 Å². The molecule has 0 spiro atoms. The second kappa shape index (κ2) is 10.2. The van der Waals surface area contributed by atoms with Crippen LogP contribution in [0.3, 0.4) is 0 Å². The molecule has 3 rings (SSSR count). The fourth-order valence-electron chi connectivity index (χ4n) is 3.30. The minimum Gasteiger partial charge on any atom is -0.337 e. The van der Waals surface area contributed by atoms with Crippen molar-refractivity contribution < 1.29 is 4.79 Å². The van der Waals surface area contributed by atoms with Gasteiger partial charge in [0.25, 0.3) is 5.91 Å². The Labute approximate surface area is 188 Å². The van der Waals surface area contributed by atoms with Crippen molar-refractivity contribution in [1.29, 1.82) is 0 Å². The molecule has 0 aliphatic carbocycles. The molecule has 1 aromatic rings. The Balaban J connectivity index is 1.94. The molecular weight excluding hydrogens is 410 g/mol. The molecule has 2 aliphatic rings. The van der Waals surface area contributed by atoms with Gasteiger partial charge in [0.15, 0.2) is 5.17 Å². The molecule has 1 aromatic carbocycles. The van der Waals surface area contributed by atoms with Crippen LogP contribution in [0.4, 0.5) is 0 Å². The highest BCUT2D eigenvalue weighted by molar-refractivity contribution is 8.19. The number of hydrogen-bond donors (Lipinski definition) is 0. The number of carbonyl (C=O) groups excluding carboxylic acids is 1. The molecule has 0 unspecified atom stereocenters. The molecule has 2 aliphatic heterocycles. The Morgan fingerprint density at radius 1 is 1.17 bits per heavy atom. The average molecular weight is 440 g/mol. The SMILES string of the molecule is C/C=C(\C)CN1C(=O)/C(=C2/SC(C)=C(c3ccccc3)N2C)SC1=NC/C=C/CC. The van der Waals surface area contributed by atoms with Gasteiger partial charge in [-0.2, -0.15) is 0 Å². The van der Waals surface area contributed by atoms with E-state index >= 15 is 0 Å². The number of nitrogens with zero attached hydrogens (tertiary/aromatic N) is 3. The topological polar surface area (TPSA) is 35.9 Å². The molecule has 1 saturated heterocycles. The van der Waals surface area contributed by atoms with Crippen LogP contribution < -0.4 is 0 Å². The quantitative estimate of drug-likeness (QED) is 0.397. The van der Waals surface area contributed by atoms with Gasteiger partial charge in [-0.25, -0.2) is 0 Å². The van der Waals surface area contributed by atoms with E-state index in [-0.39, 0.29) is 5.91 Å². The van der Waals surface area contributed by atoms with E-state index in [1.165, 1.54) is 16.7 Å². The number of thioether (sulfide) groups is 2. The maximum Gasteiger partial charge on any atom is 0.269 e. The van der Waals surface area contributed by atoms with Crippen LogP contribution >= 0.6 is 23.5 Å². The van der Waals surface area contributed by atoms with Crippen LogP contribution in [0.15, 0.2) is 74.0 Å². The predicted octanol–water partition coefficient (Wildman–Crippen LogP) is 6.09. The second-order valence-corrected chi connectivity index (χ2v) is 9.38. The number of hydrogen-bond acceptors (Lipinski definition) is 5. The fraction of sp³-hybridized carbons (Fsp3) is 0.333. The molecule has 0 atom stereocenters. The minimum absolute atomic E-state index is 0.0379. The predicted molar refractivity (Wildman–Crippen MR) is 132 cm³/mol. The lowest BCUT2D eigenvalue weighted by molar-refractivity contribution is -0.122. The van der Waals surface area contributed by atoms with Crippen molar-refractivity contribution in [2.75, 3.05) is 20.1 Å². The van der Waals surface area contributed by atoms with Gasteiger partial charge in [0.2, 0.25) is 0 Å². The minimum atomic E-state index is 0.0379. The largest absolute Gasteiger partial charge is 0.337 e. The molecule has 6 heteroatoms. The van der Waals surface area contributed by atoms with Gasteiger partial charge in [0.1, 0.15) is 4.91 Å². The van der Waals surface area contributed by atoms with E-state index in [1.807, 2.05) is 50.1 Å². The van der Waals surface area contributed by atoms with Crippen molar-refractivity contribution >= 4 is 40.3 Å². The maximum absolute atomic E-state index is 13.4. The molecule has 0 bridgehead atoms. The number of benzene rings is 1. The molecule has 4 nitrogen and oxygen atoms in total. The third-order valence-electron chi connectivity index (χ3n) is 4.96. The smallest absolute Gasteiger partial charge is 0.269 e. The standard InChI is InChI=1S/C24H29N3OS2/c1-6-8-12-15-25-24-27(16-17(3)7-2)22(28)21(30-24)23-26(5)20(18(4)29-23)19-13-10-9-11-14-19/h7-14H,6,15-16H2,1-5H3/b12-8+,17-7+,23-21-,25-24?. The molecule has 158 valence electrons. The summed E-state index contributed by atoms with van der Waals surface area (Å²) in [6.45, 7) is 9.44. The monoisotopic (exact) mass is 439 g/mol. The summed E-state index contributed by atoms with van der Waals surface area (Å²) in [6, 6.07) is 10.3. The fourth-order valence-corrected chi connectivity index (χ4v) is 5.60. The van der Waals surface area contributed by atoms with Gasteiger partial charge in [-0.15, -0.1) is 0 Å². The van der Waals surface area contributed by atoms with E-state index in [0.29, 0.717) is 13.1 Å². The number of amidine groups is 1. The van der Waals surface area contributed by atoms with Crippen molar-refractivity contribution in [2.24, 2.45) is 4.99 Å². The van der Waals surface area contributed by atoms with Crippen LogP contribution in [0.1, 0.15) is 39.7 Å². The van der Waals surface area contributed by atoms with Gasteiger partial charge in [-0.3, -0.25) is 14.7 Å². The van der Waals surface area contributed by atoms with Gasteiger partial charge in [-0.05, 0) is 44.5 Å². The van der Waals surface area contributed by atoms with Crippen molar-refractivity contribution in [3.63, 3.8) is 0 Å². The maximum atomic E-state index is 13.4. The summed E-state index contributed by atoms with van der Waals surface area (Å²) in [5.41, 5.74) is 3.47. The molecule has 2 heterocycles. The number of allylic oxidation sites excluding steroid dienone is 3. The van der Waals surface area contributed by atoms with Crippen LogP contribution in [0.5, 0.6) is 0 Å². The van der Waals surface area contributed by atoms with Gasteiger partial charge < -0.3 is 4.90 Å². The van der Waals surface area contributed by atoms with E-state index in [1.54, 1.807) is 11.8 Å². The Hall–Kier alpha value is -2.18. The first-order chi connectivity index (χ1) is 14.5. The highest BCUT2D eigenvalue weighted by Gasteiger charge is 2.39. The number of aliphatic imine (C=N–C) groups is 1. The summed E-state index contributed by atoms with van der Waals surface area (Å²) in [4.78, 5) is 24.0. The van der Waals surface area contributed by atoms with E-state index in [0.717, 1.165) is 38.4 Å². The number of carbonyl (C=O) groups is 1. The highest BCUT2D eigenvalue weighted by atomic mass is 32.2. The van der Waals surface area contributed by atoms with Crippen LogP contribution in [-0.4, -0.2) is 41.0 Å². The van der Waals surface area contributed by atoms with E-state index < -0.39 is 0 Å². The first kappa shape index (κ1) is 22.5. The normalized spacial score (nSPS) is 21.8. The summed E-state index contributed by atoms with van der Waals surface area (Å²) in [7, 11) is 2.04. The number of amides is 1. The zero-order chi connectivity index (χ0) is 21.7. The lowest BCUT2D eigenvalue weighted by Crippen LogP contribution is -2.31. The zero-order valence-electron chi connectivity index (χ0n) is 18.3. The molecule has 1 fully saturated rings. The summed E-state index contributed by atoms with van der Waals surface area (Å²) in [5, 5.41) is 1.77. The van der Waals surface area contributed by atoms with Crippen molar-refractivity contribution in [3.05, 3.63) is 74.5 Å². The van der Waals surface area contributed by atoms with Crippen molar-refractivity contribution in [3.8, 4) is 0 Å².